The van der Waals surface area contributed by atoms with Gasteiger partial charge in [-0.3, -0.25) is 29.4 Å². The van der Waals surface area contributed by atoms with Gasteiger partial charge < -0.3 is 9.47 Å². The van der Waals surface area contributed by atoms with Crippen molar-refractivity contribution in [3.05, 3.63) is 73.1 Å². The molecule has 2 aromatic carbocycles. The van der Waals surface area contributed by atoms with Crippen molar-refractivity contribution in [3.63, 3.8) is 0 Å². The van der Waals surface area contributed by atoms with E-state index in [1.807, 2.05) is 0 Å². The molecule has 3 rings (SSSR count). The predicted molar refractivity (Wildman–Crippen MR) is 121 cm³/mol. The van der Waals surface area contributed by atoms with E-state index >= 15 is 0 Å². The summed E-state index contributed by atoms with van der Waals surface area (Å²) in [5.41, 5.74) is 0.812. The number of imide groups is 1. The summed E-state index contributed by atoms with van der Waals surface area (Å²) in [5, 5.41) is 10.6. The number of amides is 2. The van der Waals surface area contributed by atoms with Crippen LogP contribution in [-0.4, -0.2) is 40.1 Å². The number of para-hydroxylation sites is 1. The van der Waals surface area contributed by atoms with E-state index < -0.39 is 28.6 Å². The Morgan fingerprint density at radius 2 is 2.00 bits per heavy atom. The fraction of sp³-hybridized carbons (Fsp3) is 0.190. The lowest BCUT2D eigenvalue weighted by Crippen LogP contribution is -2.34. The van der Waals surface area contributed by atoms with Crippen LogP contribution in [-0.2, 0) is 20.9 Å². The van der Waals surface area contributed by atoms with Gasteiger partial charge in [-0.15, -0.1) is 0 Å². The molecule has 1 heterocycles. The molecule has 0 atom stereocenters. The van der Waals surface area contributed by atoms with Gasteiger partial charge in [-0.2, -0.15) is 0 Å². The topological polar surface area (TPSA) is 116 Å². The number of ether oxygens (including phenoxy) is 2. The van der Waals surface area contributed by atoms with Gasteiger partial charge in [0.1, 0.15) is 18.9 Å². The largest absolute Gasteiger partial charge is 0.488 e. The third-order valence-corrected chi connectivity index (χ3v) is 5.70. The average molecular weight is 521 g/mol. The van der Waals surface area contributed by atoms with Crippen LogP contribution in [0.1, 0.15) is 18.1 Å². The van der Waals surface area contributed by atoms with E-state index in [4.69, 9.17) is 9.47 Å². The van der Waals surface area contributed by atoms with Crippen LogP contribution in [0.2, 0.25) is 0 Å². The van der Waals surface area contributed by atoms with E-state index in [1.165, 1.54) is 12.1 Å². The predicted octanol–water partition coefficient (Wildman–Crippen LogP) is 4.54. The van der Waals surface area contributed by atoms with Crippen LogP contribution in [0.3, 0.4) is 0 Å². The van der Waals surface area contributed by atoms with Crippen LogP contribution in [0, 0.1) is 10.1 Å². The molecular formula is C21H17BrN2O7S. The second kappa shape index (κ2) is 10.4. The molecule has 32 heavy (non-hydrogen) atoms. The number of esters is 1. The molecule has 0 N–H and O–H groups in total. The second-order valence-electron chi connectivity index (χ2n) is 6.43. The Labute approximate surface area is 195 Å². The fourth-order valence-corrected chi connectivity index (χ4v) is 4.05. The molecule has 1 aliphatic heterocycles. The molecule has 0 unspecified atom stereocenters. The van der Waals surface area contributed by atoms with Crippen LogP contribution in [0.25, 0.3) is 6.08 Å². The summed E-state index contributed by atoms with van der Waals surface area (Å²) in [6.07, 6.45) is 1.48. The molecule has 2 aromatic rings. The lowest BCUT2D eigenvalue weighted by Gasteiger charge is -2.11. The van der Waals surface area contributed by atoms with Crippen LogP contribution in [0.4, 0.5) is 10.5 Å². The fourth-order valence-electron chi connectivity index (χ4n) is 2.84. The first-order valence-corrected chi connectivity index (χ1v) is 11.0. The maximum atomic E-state index is 12.6. The molecule has 1 aliphatic rings. The van der Waals surface area contributed by atoms with Crippen molar-refractivity contribution in [2.45, 2.75) is 13.5 Å². The summed E-state index contributed by atoms with van der Waals surface area (Å²) >= 11 is 4.06. The molecule has 0 radical (unpaired) electrons. The van der Waals surface area contributed by atoms with E-state index in [0.29, 0.717) is 33.1 Å². The Balaban J connectivity index is 1.83. The van der Waals surface area contributed by atoms with E-state index in [-0.39, 0.29) is 23.8 Å². The van der Waals surface area contributed by atoms with E-state index in [0.717, 1.165) is 4.90 Å². The molecule has 1 fully saturated rings. The standard InChI is InChI=1S/C21H17BrN2O7S/c1-2-30-19(25)11-23-20(26)18(32-21(23)27)10-14-9-15(22)7-8-17(14)31-12-13-5-3-4-6-16(13)24(28)29/h3-10H,2,11-12H2,1H3/b18-10-. The van der Waals surface area contributed by atoms with E-state index in [9.17, 15) is 24.5 Å². The first-order chi connectivity index (χ1) is 15.3. The zero-order chi connectivity index (χ0) is 23.3. The minimum atomic E-state index is -0.674. The van der Waals surface area contributed by atoms with Gasteiger partial charge in [0.25, 0.3) is 16.8 Å². The summed E-state index contributed by atoms with van der Waals surface area (Å²) < 4.78 is 11.3. The van der Waals surface area contributed by atoms with Crippen molar-refractivity contribution in [2.75, 3.05) is 13.2 Å². The number of carbonyl (C=O) groups is 3. The zero-order valence-electron chi connectivity index (χ0n) is 16.8. The number of nitro groups is 1. The Morgan fingerprint density at radius 3 is 2.72 bits per heavy atom. The molecule has 166 valence electrons. The highest BCUT2D eigenvalue weighted by Crippen LogP contribution is 2.35. The molecule has 0 bridgehead atoms. The number of halogens is 1. The maximum Gasteiger partial charge on any atom is 0.326 e. The molecule has 0 aliphatic carbocycles. The summed E-state index contributed by atoms with van der Waals surface area (Å²) in [6.45, 7) is 1.24. The summed E-state index contributed by atoms with van der Waals surface area (Å²) in [4.78, 5) is 48.2. The Bertz CT molecular complexity index is 1120. The van der Waals surface area contributed by atoms with Crippen molar-refractivity contribution in [1.82, 2.24) is 4.90 Å². The van der Waals surface area contributed by atoms with Crippen molar-refractivity contribution in [1.29, 1.82) is 0 Å². The lowest BCUT2D eigenvalue weighted by atomic mass is 10.1. The normalized spacial score (nSPS) is 14.7. The Hall–Kier alpha value is -3.18. The van der Waals surface area contributed by atoms with Gasteiger partial charge in [0.15, 0.2) is 0 Å². The number of hydrogen-bond acceptors (Lipinski definition) is 8. The van der Waals surface area contributed by atoms with Crippen LogP contribution < -0.4 is 4.74 Å². The third kappa shape index (κ3) is 5.54. The number of hydrogen-bond donors (Lipinski definition) is 0. The molecule has 0 aromatic heterocycles. The summed E-state index contributed by atoms with van der Waals surface area (Å²) in [6, 6.07) is 11.3. The molecule has 2 amide bonds. The van der Waals surface area contributed by atoms with Gasteiger partial charge in [0, 0.05) is 16.1 Å². The number of rotatable bonds is 8. The molecule has 9 nitrogen and oxygen atoms in total. The van der Waals surface area contributed by atoms with Crippen molar-refractivity contribution >= 4 is 56.6 Å². The molecule has 1 saturated heterocycles. The number of carbonyl (C=O) groups excluding carboxylic acids is 3. The van der Waals surface area contributed by atoms with Crippen LogP contribution in [0.15, 0.2) is 51.8 Å². The molecule has 11 heteroatoms. The molecular weight excluding hydrogens is 504 g/mol. The highest BCUT2D eigenvalue weighted by molar-refractivity contribution is 9.10. The van der Waals surface area contributed by atoms with Gasteiger partial charge in [0.05, 0.1) is 22.0 Å². The van der Waals surface area contributed by atoms with Crippen LogP contribution >= 0.6 is 27.7 Å². The monoisotopic (exact) mass is 520 g/mol. The molecule has 0 saturated carbocycles. The van der Waals surface area contributed by atoms with Gasteiger partial charge in [0.2, 0.25) is 0 Å². The Kier molecular flexibility index (Phi) is 7.65. The second-order valence-corrected chi connectivity index (χ2v) is 8.34. The number of thioether (sulfide) groups is 1. The first-order valence-electron chi connectivity index (χ1n) is 9.35. The highest BCUT2D eigenvalue weighted by atomic mass is 79.9. The smallest absolute Gasteiger partial charge is 0.326 e. The number of nitrogens with zero attached hydrogens (tertiary/aromatic N) is 2. The van der Waals surface area contributed by atoms with E-state index in [2.05, 4.69) is 15.9 Å². The maximum absolute atomic E-state index is 12.6. The quantitative estimate of drug-likeness (QED) is 0.215. The van der Waals surface area contributed by atoms with Gasteiger partial charge >= 0.3 is 5.97 Å². The minimum absolute atomic E-state index is 0.0637. The molecule has 0 spiro atoms. The SMILES string of the molecule is CCOC(=O)CN1C(=O)S/C(=C\c2cc(Br)ccc2OCc2ccccc2[N+](=O)[O-])C1=O. The summed E-state index contributed by atoms with van der Waals surface area (Å²) in [5.74, 6) is -0.923. The van der Waals surface area contributed by atoms with Crippen molar-refractivity contribution in [3.8, 4) is 5.75 Å². The van der Waals surface area contributed by atoms with Gasteiger partial charge in [-0.25, -0.2) is 0 Å². The van der Waals surface area contributed by atoms with Crippen LogP contribution in [0.5, 0.6) is 5.75 Å². The van der Waals surface area contributed by atoms with Gasteiger partial charge in [-0.1, -0.05) is 28.1 Å². The minimum Gasteiger partial charge on any atom is -0.488 e. The summed E-state index contributed by atoms with van der Waals surface area (Å²) in [7, 11) is 0. The average Bonchev–Trinajstić information content (AvgIpc) is 3.01. The number of nitro benzene ring substituents is 1. The van der Waals surface area contributed by atoms with Crippen molar-refractivity contribution < 1.29 is 28.8 Å². The third-order valence-electron chi connectivity index (χ3n) is 4.30. The van der Waals surface area contributed by atoms with E-state index in [1.54, 1.807) is 43.3 Å². The lowest BCUT2D eigenvalue weighted by molar-refractivity contribution is -0.385. The van der Waals surface area contributed by atoms with Crippen molar-refractivity contribution in [2.24, 2.45) is 0 Å². The first kappa shape index (κ1) is 23.5. The number of benzene rings is 2. The zero-order valence-corrected chi connectivity index (χ0v) is 19.2. The highest BCUT2D eigenvalue weighted by Gasteiger charge is 2.36. The van der Waals surface area contributed by atoms with Gasteiger partial charge in [-0.05, 0) is 49.0 Å². The Morgan fingerprint density at radius 1 is 1.25 bits per heavy atom.